The summed E-state index contributed by atoms with van der Waals surface area (Å²) < 4.78 is 16.8. The van der Waals surface area contributed by atoms with E-state index in [1.165, 1.54) is 24.1 Å². The summed E-state index contributed by atoms with van der Waals surface area (Å²) in [6.07, 6.45) is -1.46. The van der Waals surface area contributed by atoms with Crippen LogP contribution in [0.2, 0.25) is 0 Å². The van der Waals surface area contributed by atoms with E-state index < -0.39 is 30.5 Å². The van der Waals surface area contributed by atoms with Crippen molar-refractivity contribution in [2.45, 2.75) is 31.5 Å². The molecule has 0 aliphatic carbocycles. The molecule has 0 unspecified atom stereocenters. The second kappa shape index (κ2) is 6.65. The van der Waals surface area contributed by atoms with Crippen LogP contribution in [0.25, 0.3) is 11.2 Å². The summed E-state index contributed by atoms with van der Waals surface area (Å²) in [6, 6.07) is 0. The molecule has 1 aliphatic heterocycles. The average Bonchev–Trinajstić information content (AvgIpc) is 3.08. The number of esters is 1. The van der Waals surface area contributed by atoms with Crippen LogP contribution in [-0.2, 0) is 19.0 Å². The van der Waals surface area contributed by atoms with Crippen LogP contribution < -0.4 is 5.73 Å². The van der Waals surface area contributed by atoms with Gasteiger partial charge in [0.15, 0.2) is 24.5 Å². The van der Waals surface area contributed by atoms with Crippen LogP contribution in [0.15, 0.2) is 12.7 Å². The van der Waals surface area contributed by atoms with Crippen molar-refractivity contribution >= 4 is 23.0 Å². The smallest absolute Gasteiger partial charge is 0.304 e. The Kier molecular flexibility index (Phi) is 4.57. The number of imidazole rings is 1. The maximum Gasteiger partial charge on any atom is 0.304 e. The number of nitrogens with zero attached hydrogens (tertiary/aromatic N) is 4. The molecule has 0 bridgehead atoms. The molecule has 1 aliphatic rings. The largest absolute Gasteiger partial charge is 0.439 e. The van der Waals surface area contributed by atoms with Crippen molar-refractivity contribution in [3.63, 3.8) is 0 Å². The van der Waals surface area contributed by atoms with Gasteiger partial charge in [-0.3, -0.25) is 9.36 Å². The van der Waals surface area contributed by atoms with E-state index in [1.54, 1.807) is 0 Å². The highest BCUT2D eigenvalue weighted by atomic mass is 16.7. The number of ether oxygens (including phenoxy) is 3. The molecule has 11 nitrogen and oxygen atoms in total. The van der Waals surface area contributed by atoms with Gasteiger partial charge >= 0.3 is 5.97 Å². The third kappa shape index (κ3) is 3.01. The molecule has 0 spiro atoms. The molecule has 1 fully saturated rings. The molecule has 130 valence electrons. The third-order valence-electron chi connectivity index (χ3n) is 3.63. The highest BCUT2D eigenvalue weighted by Gasteiger charge is 2.44. The maximum atomic E-state index is 10.7. The minimum absolute atomic E-state index is 0.0637. The second-order valence-electron chi connectivity index (χ2n) is 5.25. The Balaban J connectivity index is 1.72. The molecule has 4 N–H and O–H groups in total. The quantitative estimate of drug-likeness (QED) is 0.335. The molecule has 2 aromatic rings. The molecule has 0 radical (unpaired) electrons. The Morgan fingerprint density at radius 3 is 2.92 bits per heavy atom. The van der Waals surface area contributed by atoms with Gasteiger partial charge in [-0.25, -0.2) is 15.0 Å². The summed E-state index contributed by atoms with van der Waals surface area (Å²) in [5.41, 5.74) is 6.47. The zero-order valence-electron chi connectivity index (χ0n) is 12.8. The lowest BCUT2D eigenvalue weighted by molar-refractivity contribution is -0.158. The Bertz CT molecular complexity index is 737. The van der Waals surface area contributed by atoms with Crippen molar-refractivity contribution in [3.8, 4) is 0 Å². The molecule has 3 heterocycles. The highest BCUT2D eigenvalue weighted by Crippen LogP contribution is 2.32. The van der Waals surface area contributed by atoms with Crippen molar-refractivity contribution in [2.24, 2.45) is 0 Å². The van der Waals surface area contributed by atoms with Crippen molar-refractivity contribution in [3.05, 3.63) is 12.7 Å². The molecule has 1 saturated heterocycles. The van der Waals surface area contributed by atoms with Crippen LogP contribution in [0, 0.1) is 0 Å². The fraction of sp³-hybridized carbons (Fsp3) is 0.538. The van der Waals surface area contributed by atoms with Crippen LogP contribution in [0.1, 0.15) is 13.2 Å². The summed E-state index contributed by atoms with van der Waals surface area (Å²) in [5, 5.41) is 20.3. The number of rotatable bonds is 5. The van der Waals surface area contributed by atoms with Crippen molar-refractivity contribution in [1.29, 1.82) is 0 Å². The average molecular weight is 339 g/mol. The first-order valence-corrected chi connectivity index (χ1v) is 7.14. The van der Waals surface area contributed by atoms with E-state index in [0.29, 0.717) is 11.2 Å². The van der Waals surface area contributed by atoms with Gasteiger partial charge in [0.05, 0.1) is 12.9 Å². The van der Waals surface area contributed by atoms with E-state index >= 15 is 0 Å². The monoisotopic (exact) mass is 339 g/mol. The highest BCUT2D eigenvalue weighted by molar-refractivity contribution is 5.81. The zero-order chi connectivity index (χ0) is 17.3. The standard InChI is InChI=1S/C13H17N5O6/c1-6(19)23-5-22-2-7-9(20)10(21)13(24-7)18-4-17-8-11(14)15-3-16-12(8)18/h3-4,7,9-10,13,20-21H,2,5H2,1H3,(H2,14,15,16)/t7-,9-,10-,13-/m1/s1. The summed E-state index contributed by atoms with van der Waals surface area (Å²) >= 11 is 0. The number of fused-ring (bicyclic) bond motifs is 1. The number of aliphatic hydroxyl groups excluding tert-OH is 2. The zero-order valence-corrected chi connectivity index (χ0v) is 12.8. The minimum Gasteiger partial charge on any atom is -0.439 e. The van der Waals surface area contributed by atoms with Gasteiger partial charge in [0.25, 0.3) is 0 Å². The van der Waals surface area contributed by atoms with Gasteiger partial charge in [0.2, 0.25) is 0 Å². The lowest BCUT2D eigenvalue weighted by Crippen LogP contribution is -2.34. The van der Waals surface area contributed by atoms with E-state index in [2.05, 4.69) is 19.7 Å². The van der Waals surface area contributed by atoms with E-state index in [0.717, 1.165) is 0 Å². The third-order valence-corrected chi connectivity index (χ3v) is 3.63. The fourth-order valence-corrected chi connectivity index (χ4v) is 2.44. The van der Waals surface area contributed by atoms with Crippen molar-refractivity contribution < 1.29 is 29.2 Å². The van der Waals surface area contributed by atoms with Crippen LogP contribution in [-0.4, -0.2) is 67.4 Å². The predicted molar refractivity (Wildman–Crippen MR) is 78.2 cm³/mol. The van der Waals surface area contributed by atoms with Crippen LogP contribution in [0.4, 0.5) is 5.82 Å². The lowest BCUT2D eigenvalue weighted by Gasteiger charge is -2.16. The number of hydrogen-bond donors (Lipinski definition) is 3. The number of carbonyl (C=O) groups excluding carboxylic acids is 1. The Labute approximate surface area is 136 Å². The summed E-state index contributed by atoms with van der Waals surface area (Å²) in [7, 11) is 0. The Hall–Kier alpha value is -2.34. The molecule has 24 heavy (non-hydrogen) atoms. The van der Waals surface area contributed by atoms with Gasteiger partial charge < -0.3 is 30.2 Å². The van der Waals surface area contributed by atoms with Gasteiger partial charge in [-0.05, 0) is 0 Å². The van der Waals surface area contributed by atoms with Crippen molar-refractivity contribution in [2.75, 3.05) is 19.1 Å². The van der Waals surface area contributed by atoms with E-state index in [1.807, 2.05) is 0 Å². The number of nitrogens with two attached hydrogens (primary N) is 1. The number of nitrogen functional groups attached to an aromatic ring is 1. The van der Waals surface area contributed by atoms with Crippen molar-refractivity contribution in [1.82, 2.24) is 19.5 Å². The summed E-state index contributed by atoms with van der Waals surface area (Å²) in [4.78, 5) is 22.7. The fourth-order valence-electron chi connectivity index (χ4n) is 2.44. The number of carbonyl (C=O) groups is 1. The number of anilines is 1. The first kappa shape index (κ1) is 16.5. The topological polar surface area (TPSA) is 155 Å². The SMILES string of the molecule is CC(=O)OCOC[C@H]1O[C@@H](n2cnc3c(N)ncnc32)[C@H](O)[C@@H]1O. The Morgan fingerprint density at radius 1 is 1.38 bits per heavy atom. The molecule has 0 aromatic carbocycles. The van der Waals surface area contributed by atoms with E-state index in [4.69, 9.17) is 15.2 Å². The first-order valence-electron chi connectivity index (χ1n) is 7.14. The van der Waals surface area contributed by atoms with Crippen LogP contribution >= 0.6 is 0 Å². The molecule has 4 atom stereocenters. The predicted octanol–water partition coefficient (Wildman–Crippen LogP) is -1.44. The molecule has 0 amide bonds. The van der Waals surface area contributed by atoms with Gasteiger partial charge in [-0.2, -0.15) is 0 Å². The van der Waals surface area contributed by atoms with Gasteiger partial charge in [-0.15, -0.1) is 0 Å². The molecule has 3 rings (SSSR count). The minimum atomic E-state index is -1.22. The number of aliphatic hydroxyl groups is 2. The first-order chi connectivity index (χ1) is 11.5. The molecule has 0 saturated carbocycles. The van der Waals surface area contributed by atoms with E-state index in [-0.39, 0.29) is 19.2 Å². The second-order valence-corrected chi connectivity index (χ2v) is 5.25. The normalized spacial score (nSPS) is 26.8. The van der Waals surface area contributed by atoms with Gasteiger partial charge in [-0.1, -0.05) is 0 Å². The summed E-state index contributed by atoms with van der Waals surface area (Å²) in [5.74, 6) is -0.281. The number of aromatic nitrogens is 4. The number of hydrogen-bond acceptors (Lipinski definition) is 10. The van der Waals surface area contributed by atoms with Gasteiger partial charge in [0.1, 0.15) is 30.2 Å². The van der Waals surface area contributed by atoms with E-state index in [9.17, 15) is 15.0 Å². The maximum absolute atomic E-state index is 10.7. The molecular formula is C13H17N5O6. The van der Waals surface area contributed by atoms with Crippen LogP contribution in [0.3, 0.4) is 0 Å². The molecular weight excluding hydrogens is 322 g/mol. The van der Waals surface area contributed by atoms with Crippen LogP contribution in [0.5, 0.6) is 0 Å². The molecule has 2 aromatic heterocycles. The Morgan fingerprint density at radius 2 is 2.17 bits per heavy atom. The summed E-state index contributed by atoms with van der Waals surface area (Å²) in [6.45, 7) is 0.925. The lowest BCUT2D eigenvalue weighted by atomic mass is 10.1. The van der Waals surface area contributed by atoms with Gasteiger partial charge in [0, 0.05) is 6.92 Å². The molecule has 11 heteroatoms.